The number of nitrogen functional groups attached to an aromatic ring is 1. The fraction of sp³-hybridized carbons (Fsp3) is 0.562. The maximum atomic E-state index is 13.2. The Morgan fingerprint density at radius 3 is 2.67 bits per heavy atom. The highest BCUT2D eigenvalue weighted by atomic mass is 19.3. The van der Waals surface area contributed by atoms with Gasteiger partial charge in [-0.3, -0.25) is 4.79 Å². The Morgan fingerprint density at radius 1 is 1.33 bits per heavy atom. The van der Waals surface area contributed by atoms with Crippen LogP contribution in [0.15, 0.2) is 12.1 Å². The van der Waals surface area contributed by atoms with Crippen molar-refractivity contribution in [2.75, 3.05) is 17.2 Å². The monoisotopic (exact) mass is 294 g/mol. The summed E-state index contributed by atoms with van der Waals surface area (Å²) in [5.74, 6) is -2.90. The summed E-state index contributed by atoms with van der Waals surface area (Å²) in [4.78, 5) is 14.3. The Balaban J connectivity index is 1.78. The highest BCUT2D eigenvalue weighted by Crippen LogP contribution is 2.39. The zero-order valence-corrected chi connectivity index (χ0v) is 12.2. The molecule has 1 fully saturated rings. The van der Waals surface area contributed by atoms with Crippen molar-refractivity contribution in [1.29, 1.82) is 0 Å². The number of carbonyl (C=O) groups excluding carboxylic acids is 1. The van der Waals surface area contributed by atoms with Crippen molar-refractivity contribution in [3.63, 3.8) is 0 Å². The molecule has 2 aliphatic rings. The summed E-state index contributed by atoms with van der Waals surface area (Å²) in [5.41, 5.74) is 9.60. The van der Waals surface area contributed by atoms with Crippen LogP contribution in [0.2, 0.25) is 0 Å². The van der Waals surface area contributed by atoms with Gasteiger partial charge in [-0.1, -0.05) is 6.07 Å². The van der Waals surface area contributed by atoms with Gasteiger partial charge in [0.05, 0.1) is 0 Å². The van der Waals surface area contributed by atoms with Crippen LogP contribution in [0.25, 0.3) is 0 Å². The SMILES string of the molecule is Cc1cc2c(cc1N)N(C(=O)C1CCC(F)(F)CC1)CC2. The molecular formula is C16H20F2N2O. The molecular weight excluding hydrogens is 274 g/mol. The summed E-state index contributed by atoms with van der Waals surface area (Å²) >= 11 is 0. The number of rotatable bonds is 1. The zero-order chi connectivity index (χ0) is 15.2. The first-order valence-corrected chi connectivity index (χ1v) is 7.45. The van der Waals surface area contributed by atoms with Crippen LogP contribution >= 0.6 is 0 Å². The topological polar surface area (TPSA) is 46.3 Å². The number of nitrogens with zero attached hydrogens (tertiary/aromatic N) is 1. The van der Waals surface area contributed by atoms with Crippen LogP contribution in [0, 0.1) is 12.8 Å². The van der Waals surface area contributed by atoms with Gasteiger partial charge in [0.15, 0.2) is 0 Å². The van der Waals surface area contributed by atoms with Crippen LogP contribution in [0.1, 0.15) is 36.8 Å². The molecule has 0 bridgehead atoms. The van der Waals surface area contributed by atoms with E-state index in [1.807, 2.05) is 19.1 Å². The molecule has 0 atom stereocenters. The predicted molar refractivity (Wildman–Crippen MR) is 78.6 cm³/mol. The Labute approximate surface area is 123 Å². The van der Waals surface area contributed by atoms with Crippen molar-refractivity contribution < 1.29 is 13.6 Å². The van der Waals surface area contributed by atoms with Crippen LogP contribution in [0.3, 0.4) is 0 Å². The van der Waals surface area contributed by atoms with E-state index in [-0.39, 0.29) is 37.5 Å². The van der Waals surface area contributed by atoms with Gasteiger partial charge in [-0.15, -0.1) is 0 Å². The van der Waals surface area contributed by atoms with Crippen LogP contribution in [0.5, 0.6) is 0 Å². The lowest BCUT2D eigenvalue weighted by Crippen LogP contribution is -2.38. The average molecular weight is 294 g/mol. The van der Waals surface area contributed by atoms with Gasteiger partial charge in [-0.05, 0) is 43.4 Å². The second kappa shape index (κ2) is 4.97. The van der Waals surface area contributed by atoms with Crippen LogP contribution in [-0.2, 0) is 11.2 Å². The third-order valence-electron chi connectivity index (χ3n) is 4.70. The van der Waals surface area contributed by atoms with Gasteiger partial charge >= 0.3 is 0 Å². The Bertz CT molecular complexity index is 576. The minimum atomic E-state index is -2.60. The molecule has 1 aromatic rings. The van der Waals surface area contributed by atoms with Crippen molar-refractivity contribution in [2.24, 2.45) is 5.92 Å². The van der Waals surface area contributed by atoms with Crippen LogP contribution in [0.4, 0.5) is 20.2 Å². The molecule has 2 N–H and O–H groups in total. The third kappa shape index (κ3) is 2.61. The van der Waals surface area contributed by atoms with E-state index in [1.54, 1.807) is 4.90 Å². The third-order valence-corrected chi connectivity index (χ3v) is 4.70. The lowest BCUT2D eigenvalue weighted by molar-refractivity contribution is -0.126. The molecule has 0 radical (unpaired) electrons. The van der Waals surface area contributed by atoms with Gasteiger partial charge in [0.2, 0.25) is 11.8 Å². The van der Waals surface area contributed by atoms with Gasteiger partial charge < -0.3 is 10.6 Å². The quantitative estimate of drug-likeness (QED) is 0.808. The first-order chi connectivity index (χ1) is 9.87. The van der Waals surface area contributed by atoms with Crippen molar-refractivity contribution >= 4 is 17.3 Å². The average Bonchev–Trinajstić information content (AvgIpc) is 2.81. The number of amides is 1. The number of hydrogen-bond donors (Lipinski definition) is 1. The first kappa shape index (κ1) is 14.3. The Kier molecular flexibility index (Phi) is 3.38. The molecule has 0 spiro atoms. The second-order valence-electron chi connectivity index (χ2n) is 6.21. The lowest BCUT2D eigenvalue weighted by Gasteiger charge is -2.30. The van der Waals surface area contributed by atoms with E-state index in [1.165, 1.54) is 0 Å². The summed E-state index contributed by atoms with van der Waals surface area (Å²) in [5, 5.41) is 0. The Morgan fingerprint density at radius 2 is 2.00 bits per heavy atom. The Hall–Kier alpha value is -1.65. The number of benzene rings is 1. The molecule has 3 nitrogen and oxygen atoms in total. The van der Waals surface area contributed by atoms with E-state index in [9.17, 15) is 13.6 Å². The molecule has 0 aromatic heterocycles. The van der Waals surface area contributed by atoms with Crippen molar-refractivity contribution in [2.45, 2.75) is 45.0 Å². The molecule has 0 saturated heterocycles. The van der Waals surface area contributed by atoms with Crippen LogP contribution in [-0.4, -0.2) is 18.4 Å². The number of hydrogen-bond acceptors (Lipinski definition) is 2. The number of fused-ring (bicyclic) bond motifs is 1. The minimum Gasteiger partial charge on any atom is -0.398 e. The molecule has 114 valence electrons. The predicted octanol–water partition coefficient (Wildman–Crippen LogP) is 3.29. The van der Waals surface area contributed by atoms with E-state index in [0.29, 0.717) is 12.2 Å². The molecule has 1 aliphatic carbocycles. The number of halogens is 2. The standard InChI is InChI=1S/C16H20F2N2O/c1-10-8-12-4-7-20(14(12)9-13(10)19)15(21)11-2-5-16(17,18)6-3-11/h8-9,11H,2-7,19H2,1H3. The first-order valence-electron chi connectivity index (χ1n) is 7.45. The van der Waals surface area contributed by atoms with E-state index in [2.05, 4.69) is 0 Å². The fourth-order valence-corrected chi connectivity index (χ4v) is 3.31. The van der Waals surface area contributed by atoms with Crippen molar-refractivity contribution in [3.05, 3.63) is 23.3 Å². The smallest absolute Gasteiger partial charge is 0.248 e. The van der Waals surface area contributed by atoms with Gasteiger partial charge in [-0.25, -0.2) is 8.78 Å². The molecule has 1 heterocycles. The van der Waals surface area contributed by atoms with Crippen molar-refractivity contribution in [1.82, 2.24) is 0 Å². The van der Waals surface area contributed by atoms with E-state index >= 15 is 0 Å². The van der Waals surface area contributed by atoms with E-state index in [0.717, 1.165) is 23.2 Å². The normalized spacial score (nSPS) is 21.4. The molecule has 1 aliphatic heterocycles. The fourth-order valence-electron chi connectivity index (χ4n) is 3.31. The number of anilines is 2. The maximum absolute atomic E-state index is 13.2. The number of carbonyl (C=O) groups is 1. The highest BCUT2D eigenvalue weighted by molar-refractivity contribution is 5.97. The molecule has 21 heavy (non-hydrogen) atoms. The summed E-state index contributed by atoms with van der Waals surface area (Å²) in [6.45, 7) is 2.58. The largest absolute Gasteiger partial charge is 0.398 e. The van der Waals surface area contributed by atoms with Crippen molar-refractivity contribution in [3.8, 4) is 0 Å². The highest BCUT2D eigenvalue weighted by Gasteiger charge is 2.39. The zero-order valence-electron chi connectivity index (χ0n) is 12.2. The molecule has 1 aromatic carbocycles. The molecule has 5 heteroatoms. The number of aryl methyl sites for hydroxylation is 1. The van der Waals surface area contributed by atoms with E-state index < -0.39 is 5.92 Å². The lowest BCUT2D eigenvalue weighted by atomic mass is 9.86. The molecule has 3 rings (SSSR count). The molecule has 1 saturated carbocycles. The summed E-state index contributed by atoms with van der Waals surface area (Å²) < 4.78 is 26.4. The number of nitrogens with two attached hydrogens (primary N) is 1. The summed E-state index contributed by atoms with van der Waals surface area (Å²) in [7, 11) is 0. The second-order valence-corrected chi connectivity index (χ2v) is 6.21. The van der Waals surface area contributed by atoms with Gasteiger partial charge in [0.1, 0.15) is 0 Å². The van der Waals surface area contributed by atoms with Gasteiger partial charge in [0, 0.05) is 36.7 Å². The summed E-state index contributed by atoms with van der Waals surface area (Å²) in [6, 6.07) is 3.86. The van der Waals surface area contributed by atoms with Crippen LogP contribution < -0.4 is 10.6 Å². The summed E-state index contributed by atoms with van der Waals surface area (Å²) in [6.07, 6.45) is 1.00. The maximum Gasteiger partial charge on any atom is 0.248 e. The molecule has 1 amide bonds. The minimum absolute atomic E-state index is 0.0208. The van der Waals surface area contributed by atoms with Gasteiger partial charge in [-0.2, -0.15) is 0 Å². The van der Waals surface area contributed by atoms with E-state index in [4.69, 9.17) is 5.73 Å². The number of alkyl halides is 2. The van der Waals surface area contributed by atoms with Gasteiger partial charge in [0.25, 0.3) is 0 Å². The molecule has 0 unspecified atom stereocenters.